The lowest BCUT2D eigenvalue weighted by molar-refractivity contribution is -0.122. The molecule has 1 aliphatic rings. The third kappa shape index (κ3) is 3.16. The number of benzene rings is 2. The Morgan fingerprint density at radius 2 is 1.86 bits per heavy atom. The number of carbonyl (C=O) groups is 1. The Hall–Kier alpha value is -1.45. The van der Waals surface area contributed by atoms with Gasteiger partial charge in [-0.1, -0.05) is 41.9 Å². The van der Waals surface area contributed by atoms with E-state index in [-0.39, 0.29) is 11.2 Å². The van der Waals surface area contributed by atoms with Crippen molar-refractivity contribution in [3.05, 3.63) is 64.7 Å². The number of rotatable bonds is 3. The van der Waals surface area contributed by atoms with E-state index >= 15 is 0 Å². The van der Waals surface area contributed by atoms with Crippen molar-refractivity contribution in [2.75, 3.05) is 0 Å². The van der Waals surface area contributed by atoms with Gasteiger partial charge in [-0.05, 0) is 49.6 Å². The average Bonchev–Trinajstić information content (AvgIpc) is 2.91. The summed E-state index contributed by atoms with van der Waals surface area (Å²) in [4.78, 5) is 13.8. The maximum absolute atomic E-state index is 12.6. The van der Waals surface area contributed by atoms with Crippen molar-refractivity contribution in [3.63, 3.8) is 0 Å². The van der Waals surface area contributed by atoms with E-state index in [1.54, 1.807) is 11.8 Å². The van der Waals surface area contributed by atoms with E-state index in [2.05, 4.69) is 17.4 Å². The normalized spacial score (nSPS) is 17.1. The summed E-state index contributed by atoms with van der Waals surface area (Å²) >= 11 is 7.58. The molecule has 2 aromatic carbocycles. The van der Waals surface area contributed by atoms with Crippen LogP contribution in [0.3, 0.4) is 0 Å². The molecule has 0 saturated heterocycles. The SMILES string of the molecule is CC(C)(NC(=O)C1Cc2ccccc2S1)c1ccc(Cl)cc1. The first-order valence-corrected chi connectivity index (χ1v) is 8.54. The fourth-order valence-corrected chi connectivity index (χ4v) is 3.98. The van der Waals surface area contributed by atoms with Crippen LogP contribution in [0.5, 0.6) is 0 Å². The highest BCUT2D eigenvalue weighted by Gasteiger charge is 2.32. The molecule has 1 N–H and O–H groups in total. The first-order valence-electron chi connectivity index (χ1n) is 7.28. The summed E-state index contributed by atoms with van der Waals surface area (Å²) in [7, 11) is 0. The topological polar surface area (TPSA) is 29.1 Å². The molecule has 1 aliphatic heterocycles. The van der Waals surface area contributed by atoms with E-state index in [1.165, 1.54) is 10.5 Å². The Kier molecular flexibility index (Phi) is 4.20. The minimum Gasteiger partial charge on any atom is -0.346 e. The molecule has 0 aliphatic carbocycles. The molecule has 1 heterocycles. The van der Waals surface area contributed by atoms with Gasteiger partial charge in [-0.25, -0.2) is 0 Å². The highest BCUT2D eigenvalue weighted by molar-refractivity contribution is 8.01. The molecule has 114 valence electrons. The van der Waals surface area contributed by atoms with E-state index < -0.39 is 5.54 Å². The van der Waals surface area contributed by atoms with Crippen LogP contribution in [0.1, 0.15) is 25.0 Å². The molecule has 1 atom stereocenters. The summed E-state index contributed by atoms with van der Waals surface area (Å²) in [6, 6.07) is 15.8. The second-order valence-corrected chi connectivity index (χ2v) is 7.72. The summed E-state index contributed by atoms with van der Waals surface area (Å²) in [5, 5.41) is 3.82. The predicted octanol–water partition coefficient (Wildman–Crippen LogP) is 4.41. The highest BCUT2D eigenvalue weighted by atomic mass is 35.5. The van der Waals surface area contributed by atoms with Crippen LogP contribution in [0.15, 0.2) is 53.4 Å². The summed E-state index contributed by atoms with van der Waals surface area (Å²) in [5.74, 6) is 0.0844. The average molecular weight is 332 g/mol. The Bertz CT molecular complexity index is 671. The lowest BCUT2D eigenvalue weighted by Gasteiger charge is -2.28. The third-order valence-corrected chi connectivity index (χ3v) is 5.51. The number of carbonyl (C=O) groups excluding carboxylic acids is 1. The zero-order chi connectivity index (χ0) is 15.7. The second kappa shape index (κ2) is 5.98. The maximum Gasteiger partial charge on any atom is 0.234 e. The molecule has 2 nitrogen and oxygen atoms in total. The number of nitrogens with one attached hydrogen (secondary N) is 1. The number of halogens is 1. The summed E-state index contributed by atoms with van der Waals surface area (Å²) in [6.07, 6.45) is 0.795. The fraction of sp³-hybridized carbons (Fsp3) is 0.278. The molecular formula is C18H18ClNOS. The van der Waals surface area contributed by atoms with Crippen molar-refractivity contribution >= 4 is 29.3 Å². The summed E-state index contributed by atoms with van der Waals surface area (Å²) in [6.45, 7) is 4.03. The number of hydrogen-bond acceptors (Lipinski definition) is 2. The largest absolute Gasteiger partial charge is 0.346 e. The van der Waals surface area contributed by atoms with Crippen molar-refractivity contribution < 1.29 is 4.79 Å². The zero-order valence-electron chi connectivity index (χ0n) is 12.6. The van der Waals surface area contributed by atoms with Gasteiger partial charge in [0.25, 0.3) is 0 Å². The Morgan fingerprint density at radius 1 is 1.18 bits per heavy atom. The van der Waals surface area contributed by atoms with Gasteiger partial charge in [-0.2, -0.15) is 0 Å². The van der Waals surface area contributed by atoms with Gasteiger partial charge in [-0.15, -0.1) is 11.8 Å². The van der Waals surface area contributed by atoms with E-state index in [1.807, 2.05) is 50.2 Å². The van der Waals surface area contributed by atoms with Crippen LogP contribution in [0.2, 0.25) is 5.02 Å². The van der Waals surface area contributed by atoms with Crippen molar-refractivity contribution in [1.29, 1.82) is 0 Å². The molecule has 0 aromatic heterocycles. The van der Waals surface area contributed by atoms with Crippen LogP contribution >= 0.6 is 23.4 Å². The molecule has 1 amide bonds. The minimum absolute atomic E-state index is 0.0519. The summed E-state index contributed by atoms with van der Waals surface area (Å²) < 4.78 is 0. The molecule has 1 unspecified atom stereocenters. The van der Waals surface area contributed by atoms with Gasteiger partial charge >= 0.3 is 0 Å². The van der Waals surface area contributed by atoms with Crippen molar-refractivity contribution in [2.45, 2.75) is 36.0 Å². The first-order chi connectivity index (χ1) is 10.5. The first kappa shape index (κ1) is 15.4. The maximum atomic E-state index is 12.6. The third-order valence-electron chi connectivity index (χ3n) is 3.94. The van der Waals surface area contributed by atoms with Crippen LogP contribution in [-0.2, 0) is 16.8 Å². The molecule has 0 spiro atoms. The molecule has 3 rings (SSSR count). The zero-order valence-corrected chi connectivity index (χ0v) is 14.2. The van der Waals surface area contributed by atoms with Gasteiger partial charge in [0.15, 0.2) is 0 Å². The van der Waals surface area contributed by atoms with Crippen LogP contribution in [0, 0.1) is 0 Å². The molecule has 2 aromatic rings. The Labute approximate surface area is 140 Å². The minimum atomic E-state index is -0.420. The lowest BCUT2D eigenvalue weighted by Crippen LogP contribution is -2.45. The number of hydrogen-bond donors (Lipinski definition) is 1. The van der Waals surface area contributed by atoms with Crippen LogP contribution in [-0.4, -0.2) is 11.2 Å². The van der Waals surface area contributed by atoms with Crippen LogP contribution < -0.4 is 5.32 Å². The standard InChI is InChI=1S/C18H18ClNOS/c1-18(2,13-7-9-14(19)10-8-13)20-17(21)16-11-12-5-3-4-6-15(12)22-16/h3-10,16H,11H2,1-2H3,(H,20,21). The molecule has 4 heteroatoms. The molecule has 0 radical (unpaired) electrons. The quantitative estimate of drug-likeness (QED) is 0.902. The van der Waals surface area contributed by atoms with E-state index in [9.17, 15) is 4.79 Å². The smallest absolute Gasteiger partial charge is 0.234 e. The molecule has 0 fully saturated rings. The van der Waals surface area contributed by atoms with E-state index in [0.29, 0.717) is 5.02 Å². The number of amides is 1. The van der Waals surface area contributed by atoms with Gasteiger partial charge in [0.05, 0.1) is 10.8 Å². The fourth-order valence-electron chi connectivity index (χ4n) is 2.66. The Balaban J connectivity index is 1.71. The Morgan fingerprint density at radius 3 is 2.55 bits per heavy atom. The molecular weight excluding hydrogens is 314 g/mol. The highest BCUT2D eigenvalue weighted by Crippen LogP contribution is 2.37. The van der Waals surface area contributed by atoms with Crippen molar-refractivity contribution in [3.8, 4) is 0 Å². The lowest BCUT2D eigenvalue weighted by atomic mass is 9.94. The predicted molar refractivity (Wildman–Crippen MR) is 92.4 cm³/mol. The van der Waals surface area contributed by atoms with Gasteiger partial charge in [0.1, 0.15) is 0 Å². The summed E-state index contributed by atoms with van der Waals surface area (Å²) in [5.41, 5.74) is 1.89. The second-order valence-electron chi connectivity index (χ2n) is 6.04. The van der Waals surface area contributed by atoms with Crippen LogP contribution in [0.25, 0.3) is 0 Å². The van der Waals surface area contributed by atoms with Gasteiger partial charge in [-0.3, -0.25) is 4.79 Å². The van der Waals surface area contributed by atoms with Gasteiger partial charge in [0.2, 0.25) is 5.91 Å². The molecule has 0 saturated carbocycles. The van der Waals surface area contributed by atoms with E-state index in [4.69, 9.17) is 11.6 Å². The number of fused-ring (bicyclic) bond motifs is 1. The van der Waals surface area contributed by atoms with Gasteiger partial charge < -0.3 is 5.32 Å². The molecule has 0 bridgehead atoms. The van der Waals surface area contributed by atoms with Gasteiger partial charge in [0, 0.05) is 9.92 Å². The van der Waals surface area contributed by atoms with Crippen molar-refractivity contribution in [1.82, 2.24) is 5.32 Å². The monoisotopic (exact) mass is 331 g/mol. The van der Waals surface area contributed by atoms with Crippen molar-refractivity contribution in [2.24, 2.45) is 0 Å². The molecule has 22 heavy (non-hydrogen) atoms. The number of thioether (sulfide) groups is 1. The van der Waals surface area contributed by atoms with E-state index in [0.717, 1.165) is 12.0 Å². The van der Waals surface area contributed by atoms with Crippen LogP contribution in [0.4, 0.5) is 0 Å².